The van der Waals surface area contributed by atoms with E-state index in [1.807, 2.05) is 39.0 Å². The van der Waals surface area contributed by atoms with Crippen LogP contribution in [0.5, 0.6) is 0 Å². The fraction of sp³-hybridized carbons (Fsp3) is 0.400. The van der Waals surface area contributed by atoms with Crippen molar-refractivity contribution in [2.75, 3.05) is 6.54 Å². The number of aliphatic hydroxyl groups excluding tert-OH is 1. The second-order valence-electron chi connectivity index (χ2n) is 5.96. The number of halogens is 1. The lowest BCUT2D eigenvalue weighted by Gasteiger charge is -2.25. The Bertz CT molecular complexity index is 628. The van der Waals surface area contributed by atoms with E-state index >= 15 is 0 Å². The van der Waals surface area contributed by atoms with Gasteiger partial charge in [0.2, 0.25) is 0 Å². The normalized spacial score (nSPS) is 13.4. The van der Waals surface area contributed by atoms with Crippen molar-refractivity contribution in [1.82, 2.24) is 10.3 Å². The molecule has 1 amide bonds. The Balaban J connectivity index is 2.17. The van der Waals surface area contributed by atoms with Gasteiger partial charge in [-0.25, -0.2) is 0 Å². The van der Waals surface area contributed by atoms with Gasteiger partial charge in [-0.1, -0.05) is 42.8 Å². The number of carbonyl (C=O) groups is 1. The zero-order chi connectivity index (χ0) is 14.9. The predicted molar refractivity (Wildman–Crippen MR) is 83.8 cm³/mol. The molecule has 1 heterocycles. The number of carbonyl (C=O) groups excluding carboxylic acids is 1. The molecular weight excluding hydrogens is 320 g/mol. The van der Waals surface area contributed by atoms with Crippen LogP contribution in [0.2, 0.25) is 0 Å². The number of nitrogens with one attached hydrogen (secondary N) is 2. The molecule has 0 aliphatic rings. The third-order valence-electron chi connectivity index (χ3n) is 3.36. The highest BCUT2D eigenvalue weighted by Gasteiger charge is 2.23. The van der Waals surface area contributed by atoms with Gasteiger partial charge in [-0.15, -0.1) is 0 Å². The number of amides is 1. The van der Waals surface area contributed by atoms with Crippen LogP contribution in [0, 0.1) is 5.41 Å². The fourth-order valence-corrected chi connectivity index (χ4v) is 2.49. The lowest BCUT2D eigenvalue weighted by Crippen LogP contribution is -2.39. The first-order chi connectivity index (χ1) is 9.30. The number of aromatic nitrogens is 1. The molecule has 0 saturated carbocycles. The Hall–Kier alpha value is -1.33. The summed E-state index contributed by atoms with van der Waals surface area (Å²) >= 11 is 3.46. The summed E-state index contributed by atoms with van der Waals surface area (Å²) in [4.78, 5) is 15.3. The van der Waals surface area contributed by atoms with E-state index in [4.69, 9.17) is 0 Å². The third-order valence-corrected chi connectivity index (χ3v) is 4.02. The molecule has 0 saturated heterocycles. The molecule has 108 valence electrons. The van der Waals surface area contributed by atoms with Crippen molar-refractivity contribution in [1.29, 1.82) is 0 Å². The van der Waals surface area contributed by atoms with Gasteiger partial charge in [0.15, 0.2) is 0 Å². The minimum absolute atomic E-state index is 0.188. The number of aromatic amines is 1. The topological polar surface area (TPSA) is 65.1 Å². The number of aliphatic hydroxyl groups is 1. The van der Waals surface area contributed by atoms with Crippen LogP contribution in [0.25, 0.3) is 10.9 Å². The van der Waals surface area contributed by atoms with Crippen LogP contribution in [-0.2, 0) is 0 Å². The summed E-state index contributed by atoms with van der Waals surface area (Å²) in [6, 6.07) is 5.73. The van der Waals surface area contributed by atoms with Crippen LogP contribution in [0.4, 0.5) is 0 Å². The van der Waals surface area contributed by atoms with Crippen molar-refractivity contribution >= 4 is 32.7 Å². The van der Waals surface area contributed by atoms with Crippen LogP contribution in [0.3, 0.4) is 0 Å². The number of H-pyrrole nitrogens is 1. The molecule has 1 aromatic carbocycles. The molecule has 0 spiro atoms. The van der Waals surface area contributed by atoms with Gasteiger partial charge in [0.05, 0.1) is 11.7 Å². The second kappa shape index (κ2) is 5.58. The molecule has 0 aliphatic heterocycles. The predicted octanol–water partition coefficient (Wildman–Crippen LogP) is 3.07. The summed E-state index contributed by atoms with van der Waals surface area (Å²) in [7, 11) is 0. The Labute approximate surface area is 126 Å². The van der Waals surface area contributed by atoms with E-state index < -0.39 is 6.10 Å². The number of rotatable bonds is 3. The molecule has 0 radical (unpaired) electrons. The Morgan fingerprint density at radius 3 is 2.80 bits per heavy atom. The second-order valence-corrected chi connectivity index (χ2v) is 6.81. The molecule has 3 N–H and O–H groups in total. The van der Waals surface area contributed by atoms with E-state index in [-0.39, 0.29) is 17.9 Å². The first-order valence-electron chi connectivity index (χ1n) is 6.52. The van der Waals surface area contributed by atoms with Crippen molar-refractivity contribution in [3.63, 3.8) is 0 Å². The Morgan fingerprint density at radius 1 is 1.45 bits per heavy atom. The number of benzene rings is 1. The molecule has 2 rings (SSSR count). The number of hydrogen-bond acceptors (Lipinski definition) is 2. The number of fused-ring (bicyclic) bond motifs is 1. The van der Waals surface area contributed by atoms with E-state index in [2.05, 4.69) is 26.2 Å². The van der Waals surface area contributed by atoms with Crippen LogP contribution in [-0.4, -0.2) is 28.6 Å². The summed E-state index contributed by atoms with van der Waals surface area (Å²) in [5.41, 5.74) is 1.23. The van der Waals surface area contributed by atoms with E-state index in [0.29, 0.717) is 5.56 Å². The maximum absolute atomic E-state index is 12.2. The Kier molecular flexibility index (Phi) is 4.20. The molecule has 4 nitrogen and oxygen atoms in total. The molecule has 0 fully saturated rings. The van der Waals surface area contributed by atoms with Crippen molar-refractivity contribution in [3.05, 3.63) is 34.4 Å². The molecule has 1 aromatic heterocycles. The van der Waals surface area contributed by atoms with E-state index in [0.717, 1.165) is 15.4 Å². The SMILES string of the molecule is CC(C)(C)C(O)CNC(=O)c1c[nH]c2cccc(Br)c12. The standard InChI is InChI=1S/C15H19BrN2O2/c1-15(2,3)12(19)8-18-14(20)9-7-17-11-6-4-5-10(16)13(9)11/h4-7,12,17,19H,8H2,1-3H3,(H,18,20). The highest BCUT2D eigenvalue weighted by atomic mass is 79.9. The molecule has 1 unspecified atom stereocenters. The van der Waals surface area contributed by atoms with E-state index in [1.165, 1.54) is 0 Å². The van der Waals surface area contributed by atoms with Gasteiger partial charge in [0.1, 0.15) is 0 Å². The average Bonchev–Trinajstić information content (AvgIpc) is 2.79. The van der Waals surface area contributed by atoms with Crippen molar-refractivity contribution in [3.8, 4) is 0 Å². The van der Waals surface area contributed by atoms with Gasteiger partial charge in [-0.3, -0.25) is 4.79 Å². The highest BCUT2D eigenvalue weighted by Crippen LogP contribution is 2.27. The summed E-state index contributed by atoms with van der Waals surface area (Å²) in [6.45, 7) is 6.05. The summed E-state index contributed by atoms with van der Waals surface area (Å²) in [5, 5.41) is 13.6. The molecular formula is C15H19BrN2O2. The molecule has 2 aromatic rings. The highest BCUT2D eigenvalue weighted by molar-refractivity contribution is 9.10. The van der Waals surface area contributed by atoms with Crippen LogP contribution in [0.15, 0.2) is 28.9 Å². The van der Waals surface area contributed by atoms with Crippen molar-refractivity contribution in [2.24, 2.45) is 5.41 Å². The first-order valence-corrected chi connectivity index (χ1v) is 7.32. The average molecular weight is 339 g/mol. The zero-order valence-corrected chi connectivity index (χ0v) is 13.4. The lowest BCUT2D eigenvalue weighted by molar-refractivity contribution is 0.0587. The summed E-state index contributed by atoms with van der Waals surface area (Å²) in [6.07, 6.45) is 1.11. The molecule has 0 aliphatic carbocycles. The Morgan fingerprint density at radius 2 is 2.15 bits per heavy atom. The third kappa shape index (κ3) is 3.04. The molecule has 20 heavy (non-hydrogen) atoms. The molecule has 5 heteroatoms. The quantitative estimate of drug-likeness (QED) is 0.805. The first kappa shape index (κ1) is 15.1. The lowest BCUT2D eigenvalue weighted by atomic mass is 9.89. The zero-order valence-electron chi connectivity index (χ0n) is 11.8. The van der Waals surface area contributed by atoms with Crippen LogP contribution in [0.1, 0.15) is 31.1 Å². The van der Waals surface area contributed by atoms with Crippen LogP contribution < -0.4 is 5.32 Å². The van der Waals surface area contributed by atoms with Crippen LogP contribution >= 0.6 is 15.9 Å². The molecule has 1 atom stereocenters. The van der Waals surface area contributed by atoms with Gasteiger partial charge in [0, 0.05) is 28.1 Å². The van der Waals surface area contributed by atoms with Gasteiger partial charge in [-0.05, 0) is 17.5 Å². The van der Waals surface area contributed by atoms with Gasteiger partial charge < -0.3 is 15.4 Å². The smallest absolute Gasteiger partial charge is 0.253 e. The largest absolute Gasteiger partial charge is 0.391 e. The van der Waals surface area contributed by atoms with Gasteiger partial charge in [0.25, 0.3) is 5.91 Å². The maximum atomic E-state index is 12.2. The summed E-state index contributed by atoms with van der Waals surface area (Å²) in [5.74, 6) is -0.188. The van der Waals surface area contributed by atoms with E-state index in [1.54, 1.807) is 6.20 Å². The monoisotopic (exact) mass is 338 g/mol. The van der Waals surface area contributed by atoms with Crippen molar-refractivity contribution < 1.29 is 9.90 Å². The minimum Gasteiger partial charge on any atom is -0.391 e. The maximum Gasteiger partial charge on any atom is 0.253 e. The minimum atomic E-state index is -0.583. The fourth-order valence-electron chi connectivity index (χ4n) is 1.91. The van der Waals surface area contributed by atoms with Gasteiger partial charge >= 0.3 is 0 Å². The summed E-state index contributed by atoms with van der Waals surface area (Å²) < 4.78 is 0.873. The van der Waals surface area contributed by atoms with Crippen molar-refractivity contribution in [2.45, 2.75) is 26.9 Å². The molecule has 0 bridgehead atoms. The van der Waals surface area contributed by atoms with Gasteiger partial charge in [-0.2, -0.15) is 0 Å². The van der Waals surface area contributed by atoms with E-state index in [9.17, 15) is 9.90 Å². The number of hydrogen-bond donors (Lipinski definition) is 3.